The number of carbonyl (C=O) groups is 1. The van der Waals surface area contributed by atoms with Crippen molar-refractivity contribution in [3.63, 3.8) is 0 Å². The summed E-state index contributed by atoms with van der Waals surface area (Å²) in [5.74, 6) is 0.627. The molecule has 1 amide bonds. The van der Waals surface area contributed by atoms with Gasteiger partial charge in [-0.3, -0.25) is 4.79 Å². The fourth-order valence-electron chi connectivity index (χ4n) is 3.15. The molecule has 0 bridgehead atoms. The van der Waals surface area contributed by atoms with Crippen LogP contribution in [0.4, 0.5) is 5.69 Å². The van der Waals surface area contributed by atoms with Crippen molar-refractivity contribution in [2.45, 2.75) is 20.5 Å². The van der Waals surface area contributed by atoms with Crippen LogP contribution in [-0.2, 0) is 11.4 Å². The highest BCUT2D eigenvalue weighted by molar-refractivity contribution is 8.18. The van der Waals surface area contributed by atoms with Crippen LogP contribution in [-0.4, -0.2) is 11.1 Å². The van der Waals surface area contributed by atoms with Gasteiger partial charge in [0.1, 0.15) is 12.4 Å². The van der Waals surface area contributed by atoms with E-state index in [9.17, 15) is 4.79 Å². The van der Waals surface area contributed by atoms with Gasteiger partial charge in [0.2, 0.25) is 0 Å². The van der Waals surface area contributed by atoms with E-state index in [0.29, 0.717) is 16.7 Å². The number of amidine groups is 1. The molecule has 1 fully saturated rings. The summed E-state index contributed by atoms with van der Waals surface area (Å²) in [5, 5.41) is 3.46. The zero-order valence-corrected chi connectivity index (χ0v) is 17.7. The number of benzene rings is 3. The van der Waals surface area contributed by atoms with Gasteiger partial charge in [0, 0.05) is 0 Å². The summed E-state index contributed by atoms with van der Waals surface area (Å²) in [7, 11) is 0. The molecule has 3 aromatic rings. The van der Waals surface area contributed by atoms with Gasteiger partial charge in [0.05, 0.1) is 10.6 Å². The fraction of sp³-hybridized carbons (Fsp3) is 0.120. The number of nitrogens with zero attached hydrogens (tertiary/aromatic N) is 1. The molecule has 1 heterocycles. The summed E-state index contributed by atoms with van der Waals surface area (Å²) in [6, 6.07) is 23.8. The number of rotatable bonds is 5. The van der Waals surface area contributed by atoms with Gasteiger partial charge in [-0.1, -0.05) is 60.7 Å². The molecule has 0 saturated carbocycles. The van der Waals surface area contributed by atoms with Crippen molar-refractivity contribution in [1.29, 1.82) is 0 Å². The van der Waals surface area contributed by atoms with Gasteiger partial charge in [-0.15, -0.1) is 0 Å². The van der Waals surface area contributed by atoms with Crippen molar-refractivity contribution in [2.24, 2.45) is 4.99 Å². The Kier molecular flexibility index (Phi) is 6.00. The second-order valence-electron chi connectivity index (χ2n) is 7.07. The highest BCUT2D eigenvalue weighted by Gasteiger charge is 2.24. The van der Waals surface area contributed by atoms with Crippen LogP contribution in [0.15, 0.2) is 82.7 Å². The summed E-state index contributed by atoms with van der Waals surface area (Å²) >= 11 is 1.35. The highest BCUT2D eigenvalue weighted by Crippen LogP contribution is 2.31. The molecule has 30 heavy (non-hydrogen) atoms. The van der Waals surface area contributed by atoms with Gasteiger partial charge < -0.3 is 10.1 Å². The fourth-order valence-corrected chi connectivity index (χ4v) is 3.98. The Morgan fingerprint density at radius 2 is 1.70 bits per heavy atom. The highest BCUT2D eigenvalue weighted by atomic mass is 32.2. The van der Waals surface area contributed by atoms with E-state index < -0.39 is 0 Å². The number of carbonyl (C=O) groups excluding carboxylic acids is 1. The number of para-hydroxylation sites is 1. The number of nitrogens with one attached hydrogen (secondary N) is 1. The molecule has 4 rings (SSSR count). The number of hydrogen-bond acceptors (Lipinski definition) is 4. The van der Waals surface area contributed by atoms with E-state index in [1.165, 1.54) is 11.8 Å². The molecule has 5 heteroatoms. The first-order valence-corrected chi connectivity index (χ1v) is 10.5. The van der Waals surface area contributed by atoms with Crippen molar-refractivity contribution in [3.05, 3.63) is 100.0 Å². The third-order valence-corrected chi connectivity index (χ3v) is 5.62. The normalized spacial score (nSPS) is 16.1. The Morgan fingerprint density at radius 3 is 2.47 bits per heavy atom. The van der Waals surface area contributed by atoms with Gasteiger partial charge in [-0.2, -0.15) is 0 Å². The molecule has 1 saturated heterocycles. The van der Waals surface area contributed by atoms with Crippen LogP contribution >= 0.6 is 11.8 Å². The van der Waals surface area contributed by atoms with Crippen LogP contribution in [0.3, 0.4) is 0 Å². The van der Waals surface area contributed by atoms with Gasteiger partial charge in [-0.25, -0.2) is 4.99 Å². The average Bonchev–Trinajstić information content (AvgIpc) is 3.09. The summed E-state index contributed by atoms with van der Waals surface area (Å²) in [5.41, 5.74) is 5.08. The zero-order chi connectivity index (χ0) is 20.9. The minimum Gasteiger partial charge on any atom is -0.489 e. The number of ether oxygens (including phenoxy) is 1. The Hall–Kier alpha value is -3.31. The van der Waals surface area contributed by atoms with E-state index in [1.807, 2.05) is 92.7 Å². The molecule has 1 aliphatic heterocycles. The quantitative estimate of drug-likeness (QED) is 0.539. The molecule has 3 aromatic carbocycles. The van der Waals surface area contributed by atoms with Gasteiger partial charge in [-0.05, 0) is 66.1 Å². The third kappa shape index (κ3) is 4.81. The van der Waals surface area contributed by atoms with Crippen molar-refractivity contribution in [3.8, 4) is 5.75 Å². The smallest absolute Gasteiger partial charge is 0.264 e. The Bertz CT molecular complexity index is 1120. The maximum absolute atomic E-state index is 12.4. The lowest BCUT2D eigenvalue weighted by molar-refractivity contribution is -0.115. The van der Waals surface area contributed by atoms with Crippen molar-refractivity contribution >= 4 is 34.6 Å². The number of aryl methyl sites for hydroxylation is 2. The van der Waals surface area contributed by atoms with Crippen LogP contribution in [0.2, 0.25) is 0 Å². The molecule has 0 atom stereocenters. The summed E-state index contributed by atoms with van der Waals surface area (Å²) in [6.45, 7) is 4.54. The number of aliphatic imine (C=N–C) groups is 1. The van der Waals surface area contributed by atoms with E-state index in [4.69, 9.17) is 4.74 Å². The molecular formula is C25H22N2O2S. The Labute approximate surface area is 180 Å². The molecule has 4 nitrogen and oxygen atoms in total. The van der Waals surface area contributed by atoms with E-state index in [1.54, 1.807) is 0 Å². The molecule has 0 radical (unpaired) electrons. The van der Waals surface area contributed by atoms with Crippen molar-refractivity contribution in [1.82, 2.24) is 5.32 Å². The van der Waals surface area contributed by atoms with E-state index >= 15 is 0 Å². The van der Waals surface area contributed by atoms with Gasteiger partial charge in [0.25, 0.3) is 5.91 Å². The lowest BCUT2D eigenvalue weighted by atomic mass is 10.1. The SMILES string of the molecule is Cc1cccc(C)c1N=C1NC(=O)/C(=C\c2cccc(OCc3ccccc3)c2)S1. The molecule has 150 valence electrons. The first-order valence-electron chi connectivity index (χ1n) is 9.71. The van der Waals surface area contributed by atoms with Crippen LogP contribution < -0.4 is 10.1 Å². The van der Waals surface area contributed by atoms with Crippen LogP contribution in [0, 0.1) is 13.8 Å². The van der Waals surface area contributed by atoms with Crippen LogP contribution in [0.25, 0.3) is 6.08 Å². The monoisotopic (exact) mass is 414 g/mol. The van der Waals surface area contributed by atoms with Crippen LogP contribution in [0.5, 0.6) is 5.75 Å². The summed E-state index contributed by atoms with van der Waals surface area (Å²) < 4.78 is 5.89. The molecule has 0 unspecified atom stereocenters. The van der Waals surface area contributed by atoms with Crippen molar-refractivity contribution < 1.29 is 9.53 Å². The molecule has 0 aromatic heterocycles. The zero-order valence-electron chi connectivity index (χ0n) is 16.9. The maximum Gasteiger partial charge on any atom is 0.264 e. The number of hydrogen-bond donors (Lipinski definition) is 1. The Balaban J connectivity index is 1.49. The largest absolute Gasteiger partial charge is 0.489 e. The maximum atomic E-state index is 12.4. The predicted molar refractivity (Wildman–Crippen MR) is 124 cm³/mol. The standard InChI is InChI=1S/C25H22N2O2S/c1-17-8-6-9-18(2)23(17)26-25-27-24(28)22(30-25)15-20-12-7-13-21(14-20)29-16-19-10-4-3-5-11-19/h3-15H,16H2,1-2H3,(H,26,27,28)/b22-15+. The number of thioether (sulfide) groups is 1. The van der Waals surface area contributed by atoms with Gasteiger partial charge >= 0.3 is 0 Å². The van der Waals surface area contributed by atoms with Crippen LogP contribution in [0.1, 0.15) is 22.3 Å². The Morgan fingerprint density at radius 1 is 0.967 bits per heavy atom. The topological polar surface area (TPSA) is 50.7 Å². The molecular weight excluding hydrogens is 392 g/mol. The first kappa shape index (κ1) is 20.0. The van der Waals surface area contributed by atoms with Crippen molar-refractivity contribution in [2.75, 3.05) is 0 Å². The summed E-state index contributed by atoms with van der Waals surface area (Å²) in [6.07, 6.45) is 1.86. The first-order chi connectivity index (χ1) is 14.6. The second-order valence-corrected chi connectivity index (χ2v) is 8.10. The third-order valence-electron chi connectivity index (χ3n) is 4.71. The van der Waals surface area contributed by atoms with E-state index in [2.05, 4.69) is 10.3 Å². The lowest BCUT2D eigenvalue weighted by Gasteiger charge is -2.07. The van der Waals surface area contributed by atoms with E-state index in [-0.39, 0.29) is 5.91 Å². The predicted octanol–water partition coefficient (Wildman–Crippen LogP) is 5.77. The molecule has 0 spiro atoms. The lowest BCUT2D eigenvalue weighted by Crippen LogP contribution is -2.19. The molecule has 1 aliphatic rings. The molecule has 1 N–H and O–H groups in total. The number of amides is 1. The minimum absolute atomic E-state index is 0.138. The second kappa shape index (κ2) is 9.01. The van der Waals surface area contributed by atoms with Gasteiger partial charge in [0.15, 0.2) is 5.17 Å². The molecule has 0 aliphatic carbocycles. The van der Waals surface area contributed by atoms with E-state index in [0.717, 1.165) is 33.7 Å². The minimum atomic E-state index is -0.138. The average molecular weight is 415 g/mol. The summed E-state index contributed by atoms with van der Waals surface area (Å²) in [4.78, 5) is 17.7.